The van der Waals surface area contributed by atoms with Gasteiger partial charge in [-0.15, -0.1) is 0 Å². The fourth-order valence-electron chi connectivity index (χ4n) is 1.53. The molecule has 15 heavy (non-hydrogen) atoms. The molecule has 82 valence electrons. The number of carbonyl (C=O) groups is 1. The lowest BCUT2D eigenvalue weighted by Gasteiger charge is -2.22. The van der Waals surface area contributed by atoms with Crippen LogP contribution in [-0.4, -0.2) is 22.3 Å². The molecule has 0 radical (unpaired) electrons. The van der Waals surface area contributed by atoms with E-state index in [1.54, 1.807) is 24.3 Å². The first-order valence-corrected chi connectivity index (χ1v) is 5.00. The van der Waals surface area contributed by atoms with Gasteiger partial charge in [0.1, 0.15) is 5.92 Å². The molecule has 1 aromatic rings. The molecule has 0 aromatic heterocycles. The average Bonchev–Trinajstić information content (AvgIpc) is 2.18. The van der Waals surface area contributed by atoms with Gasteiger partial charge in [0.2, 0.25) is 0 Å². The molecule has 0 aliphatic carbocycles. The first kappa shape index (κ1) is 11.7. The Bertz CT molecular complexity index is 319. The smallest absolute Gasteiger partial charge is 0.313 e. The van der Waals surface area contributed by atoms with Crippen LogP contribution >= 0.6 is 0 Å². The van der Waals surface area contributed by atoms with Gasteiger partial charge in [0.05, 0.1) is 6.10 Å². The van der Waals surface area contributed by atoms with Gasteiger partial charge in [0, 0.05) is 0 Å². The van der Waals surface area contributed by atoms with E-state index in [0.717, 1.165) is 0 Å². The van der Waals surface area contributed by atoms with Crippen LogP contribution in [0.4, 0.5) is 0 Å². The van der Waals surface area contributed by atoms with Gasteiger partial charge < -0.3 is 10.2 Å². The molecule has 0 fully saturated rings. The minimum Gasteiger partial charge on any atom is -0.481 e. The predicted octanol–water partition coefficient (Wildman–Crippen LogP) is 1.87. The lowest BCUT2D eigenvalue weighted by molar-refractivity contribution is -0.142. The average molecular weight is 208 g/mol. The fourth-order valence-corrected chi connectivity index (χ4v) is 1.53. The van der Waals surface area contributed by atoms with Crippen LogP contribution in [0.3, 0.4) is 0 Å². The Morgan fingerprint density at radius 3 is 2.13 bits per heavy atom. The van der Waals surface area contributed by atoms with E-state index in [0.29, 0.717) is 5.56 Å². The maximum absolute atomic E-state index is 11.1. The van der Waals surface area contributed by atoms with E-state index in [1.807, 2.05) is 19.9 Å². The van der Waals surface area contributed by atoms with E-state index in [9.17, 15) is 9.90 Å². The lowest BCUT2D eigenvalue weighted by atomic mass is 9.87. The molecule has 0 unspecified atom stereocenters. The van der Waals surface area contributed by atoms with Gasteiger partial charge in [-0.05, 0) is 11.5 Å². The van der Waals surface area contributed by atoms with Crippen molar-refractivity contribution in [3.63, 3.8) is 0 Å². The van der Waals surface area contributed by atoms with E-state index in [4.69, 9.17) is 5.11 Å². The molecule has 2 N–H and O–H groups in total. The largest absolute Gasteiger partial charge is 0.481 e. The summed E-state index contributed by atoms with van der Waals surface area (Å²) in [7, 11) is 0. The highest BCUT2D eigenvalue weighted by atomic mass is 16.4. The summed E-state index contributed by atoms with van der Waals surface area (Å²) in [4.78, 5) is 11.1. The number of aliphatic hydroxyl groups excluding tert-OH is 1. The number of carboxylic acid groups (broad SMARTS) is 1. The Hall–Kier alpha value is -1.35. The first-order chi connectivity index (χ1) is 7.04. The monoisotopic (exact) mass is 208 g/mol. The van der Waals surface area contributed by atoms with Crippen molar-refractivity contribution in [1.82, 2.24) is 0 Å². The van der Waals surface area contributed by atoms with Crippen LogP contribution < -0.4 is 0 Å². The fraction of sp³-hybridized carbons (Fsp3) is 0.417. The van der Waals surface area contributed by atoms with E-state index in [1.165, 1.54) is 0 Å². The van der Waals surface area contributed by atoms with E-state index in [2.05, 4.69) is 0 Å². The van der Waals surface area contributed by atoms with Crippen molar-refractivity contribution in [2.45, 2.75) is 25.9 Å². The van der Waals surface area contributed by atoms with Crippen LogP contribution in [0.5, 0.6) is 0 Å². The summed E-state index contributed by atoms with van der Waals surface area (Å²) in [5, 5.41) is 18.9. The third-order valence-corrected chi connectivity index (χ3v) is 2.45. The van der Waals surface area contributed by atoms with Gasteiger partial charge in [-0.2, -0.15) is 0 Å². The third-order valence-electron chi connectivity index (χ3n) is 2.45. The van der Waals surface area contributed by atoms with E-state index >= 15 is 0 Å². The molecule has 0 amide bonds. The summed E-state index contributed by atoms with van der Waals surface area (Å²) in [5.41, 5.74) is 0.645. The van der Waals surface area contributed by atoms with Gasteiger partial charge in [-0.3, -0.25) is 4.79 Å². The van der Waals surface area contributed by atoms with E-state index in [-0.39, 0.29) is 5.92 Å². The summed E-state index contributed by atoms with van der Waals surface area (Å²) in [6, 6.07) is 8.83. The second-order valence-electron chi connectivity index (χ2n) is 3.96. The van der Waals surface area contributed by atoms with Gasteiger partial charge in [0.25, 0.3) is 0 Å². The molecule has 0 spiro atoms. The van der Waals surface area contributed by atoms with E-state index < -0.39 is 18.0 Å². The van der Waals surface area contributed by atoms with Crippen molar-refractivity contribution in [3.8, 4) is 0 Å². The van der Waals surface area contributed by atoms with Gasteiger partial charge >= 0.3 is 5.97 Å². The standard InChI is InChI=1S/C12H16O3/c1-8(2)11(13)10(12(14)15)9-6-4-3-5-7-9/h3-8,10-11,13H,1-2H3,(H,14,15)/t10-,11-/m1/s1. The molecule has 3 nitrogen and oxygen atoms in total. The van der Waals surface area contributed by atoms with Crippen LogP contribution in [0.25, 0.3) is 0 Å². The Balaban J connectivity index is 2.99. The highest BCUT2D eigenvalue weighted by Gasteiger charge is 2.29. The Morgan fingerprint density at radius 2 is 1.73 bits per heavy atom. The SMILES string of the molecule is CC(C)[C@@H](O)[C@H](C(=O)O)c1ccccc1. The molecule has 3 heteroatoms. The van der Waals surface area contributed by atoms with Crippen molar-refractivity contribution in [2.75, 3.05) is 0 Å². The van der Waals surface area contributed by atoms with Gasteiger partial charge in [-0.25, -0.2) is 0 Å². The Morgan fingerprint density at radius 1 is 1.20 bits per heavy atom. The minimum absolute atomic E-state index is 0.0775. The first-order valence-electron chi connectivity index (χ1n) is 5.00. The third kappa shape index (κ3) is 2.80. The van der Waals surface area contributed by atoms with Crippen LogP contribution in [0.2, 0.25) is 0 Å². The molecule has 0 aliphatic rings. The number of rotatable bonds is 4. The van der Waals surface area contributed by atoms with Crippen LogP contribution in [0.1, 0.15) is 25.3 Å². The molecular weight excluding hydrogens is 192 g/mol. The normalized spacial score (nSPS) is 14.9. The number of hydrogen-bond donors (Lipinski definition) is 2. The molecule has 1 rings (SSSR count). The highest BCUT2D eigenvalue weighted by Crippen LogP contribution is 2.24. The van der Waals surface area contributed by atoms with Crippen molar-refractivity contribution in [3.05, 3.63) is 35.9 Å². The van der Waals surface area contributed by atoms with Crippen molar-refractivity contribution in [2.24, 2.45) is 5.92 Å². The minimum atomic E-state index is -0.984. The quantitative estimate of drug-likeness (QED) is 0.794. The second kappa shape index (κ2) is 4.94. The topological polar surface area (TPSA) is 57.5 Å². The summed E-state index contributed by atoms with van der Waals surface area (Å²) >= 11 is 0. The maximum atomic E-state index is 11.1. The molecule has 0 bridgehead atoms. The summed E-state index contributed by atoms with van der Waals surface area (Å²) in [6.07, 6.45) is -0.857. The number of aliphatic hydroxyl groups is 1. The molecule has 1 aromatic carbocycles. The molecule has 0 saturated heterocycles. The summed E-state index contributed by atoms with van der Waals surface area (Å²) in [5.74, 6) is -1.90. The van der Waals surface area contributed by atoms with Crippen LogP contribution in [-0.2, 0) is 4.79 Å². The molecule has 0 saturated carbocycles. The van der Waals surface area contributed by atoms with Crippen molar-refractivity contribution >= 4 is 5.97 Å². The summed E-state index contributed by atoms with van der Waals surface area (Å²) < 4.78 is 0. The number of hydrogen-bond acceptors (Lipinski definition) is 2. The van der Waals surface area contributed by atoms with Crippen molar-refractivity contribution in [1.29, 1.82) is 0 Å². The van der Waals surface area contributed by atoms with Gasteiger partial charge in [0.15, 0.2) is 0 Å². The zero-order valence-electron chi connectivity index (χ0n) is 8.92. The zero-order valence-corrected chi connectivity index (χ0v) is 8.92. The summed E-state index contributed by atoms with van der Waals surface area (Å²) in [6.45, 7) is 3.62. The second-order valence-corrected chi connectivity index (χ2v) is 3.96. The van der Waals surface area contributed by atoms with Gasteiger partial charge in [-0.1, -0.05) is 44.2 Å². The molecule has 2 atom stereocenters. The molecule has 0 heterocycles. The maximum Gasteiger partial charge on any atom is 0.313 e. The zero-order chi connectivity index (χ0) is 11.4. The Kier molecular flexibility index (Phi) is 3.86. The Labute approximate surface area is 89.4 Å². The molecule has 0 aliphatic heterocycles. The molecular formula is C12H16O3. The predicted molar refractivity (Wildman–Crippen MR) is 57.7 cm³/mol. The van der Waals surface area contributed by atoms with Crippen molar-refractivity contribution < 1.29 is 15.0 Å². The number of carboxylic acids is 1. The van der Waals surface area contributed by atoms with Crippen LogP contribution in [0, 0.1) is 5.92 Å². The highest BCUT2D eigenvalue weighted by molar-refractivity contribution is 5.76. The lowest BCUT2D eigenvalue weighted by Crippen LogP contribution is -2.30. The number of benzene rings is 1. The number of aliphatic carboxylic acids is 1. The van der Waals surface area contributed by atoms with Crippen LogP contribution in [0.15, 0.2) is 30.3 Å².